The summed E-state index contributed by atoms with van der Waals surface area (Å²) in [4.78, 5) is 32.6. The van der Waals surface area contributed by atoms with Crippen molar-refractivity contribution in [3.05, 3.63) is 84.9 Å². The molecule has 1 heterocycles. The van der Waals surface area contributed by atoms with Gasteiger partial charge in [0.1, 0.15) is 10.6 Å². The second-order valence-corrected chi connectivity index (χ2v) is 11.3. The predicted octanol–water partition coefficient (Wildman–Crippen LogP) is 6.00. The molecule has 0 aliphatic carbocycles. The Morgan fingerprint density at radius 3 is 2.16 bits per heavy atom. The van der Waals surface area contributed by atoms with Crippen molar-refractivity contribution in [2.45, 2.75) is 23.6 Å². The second kappa shape index (κ2) is 13.5. The van der Waals surface area contributed by atoms with Gasteiger partial charge < -0.3 is 16.0 Å². The summed E-state index contributed by atoms with van der Waals surface area (Å²) in [6.07, 6.45) is 0. The van der Waals surface area contributed by atoms with Crippen LogP contribution in [0.1, 0.15) is 11.1 Å². The lowest BCUT2D eigenvalue weighted by molar-refractivity contribution is -0.432. The van der Waals surface area contributed by atoms with E-state index in [4.69, 9.17) is 16.9 Å². The van der Waals surface area contributed by atoms with Gasteiger partial charge in [0.25, 0.3) is 15.8 Å². The fourth-order valence-electron chi connectivity index (χ4n) is 3.80. The molecule has 0 radical (unpaired) electrons. The molecule has 0 spiro atoms. The maximum Gasteiger partial charge on any atom is 0.311 e. The van der Waals surface area contributed by atoms with Crippen LogP contribution in [-0.2, 0) is 19.5 Å². The van der Waals surface area contributed by atoms with Crippen molar-refractivity contribution in [3.63, 3.8) is 0 Å². The van der Waals surface area contributed by atoms with Crippen LogP contribution >= 0.6 is 23.6 Å². The molecule has 22 heteroatoms. The zero-order chi connectivity index (χ0) is 33.1. The van der Waals surface area contributed by atoms with Crippen molar-refractivity contribution in [2.75, 3.05) is 16.0 Å². The highest BCUT2D eigenvalue weighted by Gasteiger charge is 2.27. The highest BCUT2D eigenvalue weighted by molar-refractivity contribution is 7.94. The number of nitro benzene ring substituents is 2. The number of hydrogen-bond donors (Lipinski definition) is 5. The number of anilines is 6. The van der Waals surface area contributed by atoms with Crippen LogP contribution in [-0.4, -0.2) is 43.0 Å². The Morgan fingerprint density at radius 2 is 1.56 bits per heavy atom. The highest BCUT2D eigenvalue weighted by Crippen LogP contribution is 2.38. The van der Waals surface area contributed by atoms with Crippen molar-refractivity contribution in [1.82, 2.24) is 15.0 Å². The molecular formula is C23H18ClFN8O10S2. The lowest BCUT2D eigenvalue weighted by Crippen LogP contribution is -2.09. The number of aryl methyl sites for hydroxylation is 2. The van der Waals surface area contributed by atoms with E-state index < -0.39 is 53.4 Å². The van der Waals surface area contributed by atoms with Gasteiger partial charge in [-0.1, -0.05) is 5.04 Å². The zero-order valence-electron chi connectivity index (χ0n) is 22.5. The molecule has 4 rings (SSSR count). The van der Waals surface area contributed by atoms with Gasteiger partial charge in [0.2, 0.25) is 23.0 Å². The smallest absolute Gasteiger partial charge is 0.311 e. The van der Waals surface area contributed by atoms with E-state index in [1.807, 2.05) is 0 Å². The van der Waals surface area contributed by atoms with Crippen LogP contribution in [0.25, 0.3) is 0 Å². The molecule has 45 heavy (non-hydrogen) atoms. The van der Waals surface area contributed by atoms with Gasteiger partial charge in [-0.3, -0.25) is 24.8 Å². The van der Waals surface area contributed by atoms with E-state index in [0.29, 0.717) is 22.7 Å². The average Bonchev–Trinajstić information content (AvgIpc) is 2.93. The third-order valence-corrected chi connectivity index (χ3v) is 7.60. The number of rotatable bonds is 12. The summed E-state index contributed by atoms with van der Waals surface area (Å²) in [5.74, 6) is -1.60. The van der Waals surface area contributed by atoms with Crippen molar-refractivity contribution < 1.29 is 41.8 Å². The molecule has 0 aliphatic rings. The summed E-state index contributed by atoms with van der Waals surface area (Å²) < 4.78 is 53.0. The zero-order valence-corrected chi connectivity index (χ0v) is 24.9. The maximum absolute atomic E-state index is 14.4. The minimum Gasteiger partial charge on any atom is -0.349 e. The summed E-state index contributed by atoms with van der Waals surface area (Å²) in [5.41, 5.74) is -1.68. The Balaban J connectivity index is 1.70. The molecule has 236 valence electrons. The summed E-state index contributed by atoms with van der Waals surface area (Å²) in [7, 11) is -4.95. The predicted molar refractivity (Wildman–Crippen MR) is 157 cm³/mol. The fourth-order valence-corrected chi connectivity index (χ4v) is 5.09. The first-order valence-electron chi connectivity index (χ1n) is 11.9. The quantitative estimate of drug-likeness (QED) is 0.0376. The van der Waals surface area contributed by atoms with Gasteiger partial charge in [-0.15, -0.1) is 4.33 Å². The molecule has 5 N–H and O–H groups in total. The highest BCUT2D eigenvalue weighted by atomic mass is 35.5. The van der Waals surface area contributed by atoms with Crippen LogP contribution in [0.4, 0.5) is 50.4 Å². The van der Waals surface area contributed by atoms with Crippen molar-refractivity contribution >= 4 is 79.8 Å². The Labute approximate surface area is 260 Å². The van der Waals surface area contributed by atoms with E-state index in [1.165, 1.54) is 6.92 Å². The molecular weight excluding hydrogens is 667 g/mol. The van der Waals surface area contributed by atoms with E-state index in [2.05, 4.69) is 40.3 Å². The van der Waals surface area contributed by atoms with Crippen LogP contribution in [0.2, 0.25) is 5.28 Å². The second-order valence-electron chi connectivity index (χ2n) is 8.81. The van der Waals surface area contributed by atoms with Gasteiger partial charge in [0, 0.05) is 22.3 Å². The number of benzene rings is 3. The SMILES string of the molecule is Cc1cc(S(=O)(=O)O)c(Nc2cc(F)c([N+](=O)[O-])cc2[N+](=O)[O-])cc1Nc1nc(Cl)nc(Nc2ccc(SOOO)c(C)c2)n1. The summed E-state index contributed by atoms with van der Waals surface area (Å²) >= 11 is 6.85. The number of halogens is 2. The van der Waals surface area contributed by atoms with Crippen LogP contribution in [0, 0.1) is 39.9 Å². The number of nitrogens with one attached hydrogen (secondary N) is 3. The van der Waals surface area contributed by atoms with Gasteiger partial charge in [-0.2, -0.15) is 27.8 Å². The third-order valence-electron chi connectivity index (χ3n) is 5.77. The molecule has 0 bridgehead atoms. The normalized spacial score (nSPS) is 11.2. The summed E-state index contributed by atoms with van der Waals surface area (Å²) in [6.45, 7) is 3.20. The molecule has 0 aliphatic heterocycles. The molecule has 0 saturated carbocycles. The number of nitrogens with zero attached hydrogens (tertiary/aromatic N) is 5. The van der Waals surface area contributed by atoms with E-state index in [1.54, 1.807) is 25.1 Å². The van der Waals surface area contributed by atoms with Gasteiger partial charge in [0.05, 0.1) is 33.6 Å². The minimum atomic E-state index is -4.95. The molecule has 0 fully saturated rings. The van der Waals surface area contributed by atoms with Crippen molar-refractivity contribution in [3.8, 4) is 0 Å². The monoisotopic (exact) mass is 684 g/mol. The molecule has 0 amide bonds. The summed E-state index contributed by atoms with van der Waals surface area (Å²) in [6, 6.07) is 7.90. The molecule has 0 saturated heterocycles. The van der Waals surface area contributed by atoms with Gasteiger partial charge in [-0.05, 0) is 66.9 Å². The van der Waals surface area contributed by atoms with Crippen LogP contribution in [0.3, 0.4) is 0 Å². The largest absolute Gasteiger partial charge is 0.349 e. The van der Waals surface area contributed by atoms with E-state index in [-0.39, 0.29) is 28.4 Å². The fraction of sp³-hybridized carbons (Fsp3) is 0.0870. The van der Waals surface area contributed by atoms with E-state index >= 15 is 0 Å². The molecule has 0 atom stereocenters. The van der Waals surface area contributed by atoms with Crippen molar-refractivity contribution in [2.24, 2.45) is 0 Å². The summed E-state index contributed by atoms with van der Waals surface area (Å²) in [5, 5.41) is 42.4. The Bertz CT molecular complexity index is 1940. The van der Waals surface area contributed by atoms with Crippen LogP contribution < -0.4 is 16.0 Å². The van der Waals surface area contributed by atoms with E-state index in [9.17, 15) is 37.6 Å². The van der Waals surface area contributed by atoms with E-state index in [0.717, 1.165) is 29.7 Å². The van der Waals surface area contributed by atoms with Gasteiger partial charge in [-0.25, -0.2) is 5.26 Å². The molecule has 4 aromatic rings. The first-order valence-corrected chi connectivity index (χ1v) is 14.4. The first kappa shape index (κ1) is 33.1. The van der Waals surface area contributed by atoms with Crippen molar-refractivity contribution in [1.29, 1.82) is 0 Å². The Morgan fingerprint density at radius 1 is 0.889 bits per heavy atom. The third kappa shape index (κ3) is 8.04. The van der Waals surface area contributed by atoms with Gasteiger partial charge in [0.15, 0.2) is 0 Å². The maximum atomic E-state index is 14.4. The standard InChI is InChI=1S/C23H18ClFN8O10S2/c1-10-6-20(45(39,40)41)16(27-15-7-13(25)17(32(34)35)9-18(15)33(36)37)8-14(10)28-23-30-21(24)29-22(31-23)26-12-3-4-19(11(2)5-12)44-43-42-38/h3-9,27,38H,1-2H3,(H,39,40,41)(H2,26,28,29,30,31). The minimum absolute atomic E-state index is 0.0187. The number of aromatic nitrogens is 3. The Kier molecular flexibility index (Phi) is 9.92. The molecule has 0 unspecified atom stereocenters. The van der Waals surface area contributed by atoms with Crippen LogP contribution in [0.5, 0.6) is 0 Å². The first-order chi connectivity index (χ1) is 21.2. The molecule has 1 aromatic heterocycles. The van der Waals surface area contributed by atoms with Gasteiger partial charge >= 0.3 is 5.69 Å². The Hall–Kier alpha value is -4.77. The lowest BCUT2D eigenvalue weighted by Gasteiger charge is -2.16. The number of nitro groups is 2. The van der Waals surface area contributed by atoms with Crippen LogP contribution in [0.15, 0.2) is 52.3 Å². The molecule has 18 nitrogen and oxygen atoms in total. The topological polar surface area (TPSA) is 254 Å². The number of hydrogen-bond acceptors (Lipinski definition) is 16. The lowest BCUT2D eigenvalue weighted by atomic mass is 10.1. The average molecular weight is 685 g/mol. The molecule has 3 aromatic carbocycles.